The van der Waals surface area contributed by atoms with E-state index in [4.69, 9.17) is 0 Å². The molecule has 0 aromatic rings. The molecular formula is C13H27NO2S. The lowest BCUT2D eigenvalue weighted by Gasteiger charge is -2.14. The predicted molar refractivity (Wildman–Crippen MR) is 73.0 cm³/mol. The molecule has 0 bridgehead atoms. The van der Waals surface area contributed by atoms with Crippen LogP contribution in [0.25, 0.3) is 0 Å². The third-order valence-electron chi connectivity index (χ3n) is 3.87. The first-order chi connectivity index (χ1) is 8.07. The third kappa shape index (κ3) is 5.87. The van der Waals surface area contributed by atoms with Gasteiger partial charge in [0.1, 0.15) is 0 Å². The maximum absolute atomic E-state index is 11.9. The standard InChI is InChI=1S/C13H27NO2S/c1-3-13(14-2)9-6-10-17(15,16)11-12-7-4-5-8-12/h12-14H,3-11H2,1-2H3. The minimum absolute atomic E-state index is 0.377. The van der Waals surface area contributed by atoms with E-state index in [-0.39, 0.29) is 0 Å². The molecule has 0 aromatic carbocycles. The lowest BCUT2D eigenvalue weighted by Crippen LogP contribution is -2.25. The van der Waals surface area contributed by atoms with Crippen LogP contribution in [-0.2, 0) is 9.84 Å². The molecule has 1 atom stereocenters. The van der Waals surface area contributed by atoms with Crippen molar-refractivity contribution in [1.29, 1.82) is 0 Å². The molecule has 1 rings (SSSR count). The highest BCUT2D eigenvalue weighted by Crippen LogP contribution is 2.26. The molecule has 0 radical (unpaired) electrons. The quantitative estimate of drug-likeness (QED) is 0.729. The molecule has 17 heavy (non-hydrogen) atoms. The van der Waals surface area contributed by atoms with Crippen molar-refractivity contribution in [1.82, 2.24) is 5.32 Å². The molecule has 0 amide bonds. The molecule has 0 heterocycles. The summed E-state index contributed by atoms with van der Waals surface area (Å²) in [6.45, 7) is 2.13. The van der Waals surface area contributed by atoms with E-state index < -0.39 is 9.84 Å². The molecule has 102 valence electrons. The molecule has 1 aliphatic rings. The highest BCUT2D eigenvalue weighted by atomic mass is 32.2. The normalized spacial score (nSPS) is 19.6. The topological polar surface area (TPSA) is 46.2 Å². The SMILES string of the molecule is CCC(CCCS(=O)(=O)CC1CCCC1)NC. The molecule has 0 saturated heterocycles. The van der Waals surface area contributed by atoms with E-state index in [1.165, 1.54) is 12.8 Å². The second-order valence-corrected chi connectivity index (χ2v) is 7.53. The second kappa shape index (κ2) is 7.37. The van der Waals surface area contributed by atoms with E-state index in [1.807, 2.05) is 7.05 Å². The zero-order valence-electron chi connectivity index (χ0n) is 11.2. The Morgan fingerprint density at radius 1 is 1.29 bits per heavy atom. The first-order valence-corrected chi connectivity index (χ1v) is 8.77. The van der Waals surface area contributed by atoms with Gasteiger partial charge in [0, 0.05) is 6.04 Å². The van der Waals surface area contributed by atoms with Crippen molar-refractivity contribution in [3.63, 3.8) is 0 Å². The molecule has 1 aliphatic carbocycles. The van der Waals surface area contributed by atoms with Gasteiger partial charge in [-0.25, -0.2) is 8.42 Å². The van der Waals surface area contributed by atoms with Gasteiger partial charge in [0.05, 0.1) is 11.5 Å². The monoisotopic (exact) mass is 261 g/mol. The van der Waals surface area contributed by atoms with Crippen LogP contribution in [0.1, 0.15) is 51.9 Å². The Bertz CT molecular complexity index is 291. The Morgan fingerprint density at radius 2 is 1.94 bits per heavy atom. The van der Waals surface area contributed by atoms with Crippen molar-refractivity contribution in [3.05, 3.63) is 0 Å². The van der Waals surface area contributed by atoms with Crippen LogP contribution in [0.4, 0.5) is 0 Å². The summed E-state index contributed by atoms with van der Waals surface area (Å²) in [6.07, 6.45) is 7.51. The fourth-order valence-corrected chi connectivity index (χ4v) is 4.55. The van der Waals surface area contributed by atoms with Crippen LogP contribution in [0.15, 0.2) is 0 Å². The zero-order valence-corrected chi connectivity index (χ0v) is 12.1. The molecule has 1 fully saturated rings. The van der Waals surface area contributed by atoms with Gasteiger partial charge in [0.2, 0.25) is 0 Å². The van der Waals surface area contributed by atoms with E-state index in [0.29, 0.717) is 23.5 Å². The Balaban J connectivity index is 2.24. The number of hydrogen-bond acceptors (Lipinski definition) is 3. The van der Waals surface area contributed by atoms with Gasteiger partial charge in [-0.3, -0.25) is 0 Å². The van der Waals surface area contributed by atoms with E-state index in [1.54, 1.807) is 0 Å². The van der Waals surface area contributed by atoms with Crippen LogP contribution < -0.4 is 5.32 Å². The summed E-state index contributed by atoms with van der Waals surface area (Å²) in [7, 11) is -0.859. The Kier molecular flexibility index (Phi) is 6.49. The van der Waals surface area contributed by atoms with Gasteiger partial charge in [0.15, 0.2) is 9.84 Å². The Labute approximate surface area is 106 Å². The molecule has 1 N–H and O–H groups in total. The van der Waals surface area contributed by atoms with Gasteiger partial charge in [-0.1, -0.05) is 19.8 Å². The molecule has 4 heteroatoms. The molecule has 0 spiro atoms. The first-order valence-electron chi connectivity index (χ1n) is 6.95. The summed E-state index contributed by atoms with van der Waals surface area (Å²) in [5, 5.41) is 3.22. The fraction of sp³-hybridized carbons (Fsp3) is 1.00. The van der Waals surface area contributed by atoms with Crippen LogP contribution in [0.2, 0.25) is 0 Å². The van der Waals surface area contributed by atoms with Crippen LogP contribution >= 0.6 is 0 Å². The van der Waals surface area contributed by atoms with Crippen LogP contribution in [0, 0.1) is 5.92 Å². The molecule has 3 nitrogen and oxygen atoms in total. The summed E-state index contributed by atoms with van der Waals surface area (Å²) in [5.41, 5.74) is 0. The van der Waals surface area contributed by atoms with Gasteiger partial charge in [-0.05, 0) is 45.1 Å². The van der Waals surface area contributed by atoms with Crippen molar-refractivity contribution in [2.75, 3.05) is 18.6 Å². The van der Waals surface area contributed by atoms with Crippen molar-refractivity contribution < 1.29 is 8.42 Å². The minimum atomic E-state index is -2.80. The van der Waals surface area contributed by atoms with Crippen molar-refractivity contribution in [3.8, 4) is 0 Å². The summed E-state index contributed by atoms with van der Waals surface area (Å²) >= 11 is 0. The Morgan fingerprint density at radius 3 is 2.47 bits per heavy atom. The van der Waals surface area contributed by atoms with E-state index >= 15 is 0 Å². The van der Waals surface area contributed by atoms with Gasteiger partial charge in [-0.15, -0.1) is 0 Å². The number of hydrogen-bond donors (Lipinski definition) is 1. The predicted octanol–water partition coefficient (Wildman–Crippen LogP) is 2.37. The summed E-state index contributed by atoms with van der Waals surface area (Å²) in [6, 6.07) is 0.469. The van der Waals surface area contributed by atoms with Crippen molar-refractivity contribution in [2.24, 2.45) is 5.92 Å². The molecule has 0 aromatic heterocycles. The lowest BCUT2D eigenvalue weighted by molar-refractivity contribution is 0.498. The van der Waals surface area contributed by atoms with Gasteiger partial charge in [-0.2, -0.15) is 0 Å². The average molecular weight is 261 g/mol. The van der Waals surface area contributed by atoms with Gasteiger partial charge >= 0.3 is 0 Å². The van der Waals surface area contributed by atoms with Crippen LogP contribution in [0.5, 0.6) is 0 Å². The summed E-state index contributed by atoms with van der Waals surface area (Å²) in [4.78, 5) is 0. The van der Waals surface area contributed by atoms with Gasteiger partial charge in [0.25, 0.3) is 0 Å². The average Bonchev–Trinajstić information content (AvgIpc) is 2.76. The highest BCUT2D eigenvalue weighted by molar-refractivity contribution is 7.91. The van der Waals surface area contributed by atoms with Crippen molar-refractivity contribution in [2.45, 2.75) is 57.9 Å². The summed E-state index contributed by atoms with van der Waals surface area (Å²) in [5.74, 6) is 1.26. The highest BCUT2D eigenvalue weighted by Gasteiger charge is 2.22. The van der Waals surface area contributed by atoms with Crippen LogP contribution in [0.3, 0.4) is 0 Å². The first kappa shape index (κ1) is 15.0. The van der Waals surface area contributed by atoms with E-state index in [9.17, 15) is 8.42 Å². The maximum atomic E-state index is 11.9. The third-order valence-corrected chi connectivity index (χ3v) is 5.76. The maximum Gasteiger partial charge on any atom is 0.150 e. The molecule has 1 saturated carbocycles. The molecular weight excluding hydrogens is 234 g/mol. The number of rotatable bonds is 8. The summed E-state index contributed by atoms with van der Waals surface area (Å²) < 4.78 is 23.8. The van der Waals surface area contributed by atoms with E-state index in [0.717, 1.165) is 32.1 Å². The van der Waals surface area contributed by atoms with Gasteiger partial charge < -0.3 is 5.32 Å². The fourth-order valence-electron chi connectivity index (χ4n) is 2.72. The number of nitrogens with one attached hydrogen (secondary N) is 1. The largest absolute Gasteiger partial charge is 0.317 e. The molecule has 1 unspecified atom stereocenters. The second-order valence-electron chi connectivity index (χ2n) is 5.30. The minimum Gasteiger partial charge on any atom is -0.317 e. The zero-order chi connectivity index (χ0) is 12.7. The lowest BCUT2D eigenvalue weighted by atomic mass is 10.1. The number of sulfone groups is 1. The van der Waals surface area contributed by atoms with Crippen LogP contribution in [-0.4, -0.2) is 33.0 Å². The molecule has 0 aliphatic heterocycles. The van der Waals surface area contributed by atoms with Crippen molar-refractivity contribution >= 4 is 9.84 Å². The Hall–Kier alpha value is -0.0900. The smallest absolute Gasteiger partial charge is 0.150 e. The van der Waals surface area contributed by atoms with E-state index in [2.05, 4.69) is 12.2 Å².